The molecule has 0 spiro atoms. The Kier molecular flexibility index (Phi) is 10.1. The Balaban J connectivity index is 2.00. The van der Waals surface area contributed by atoms with Crippen molar-refractivity contribution in [3.05, 3.63) is 95.6 Å². The number of amides is 2. The summed E-state index contributed by atoms with van der Waals surface area (Å²) in [7, 11) is -4.06. The predicted octanol–water partition coefficient (Wildman–Crippen LogP) is 4.70. The Hall–Kier alpha value is -3.65. The van der Waals surface area contributed by atoms with Crippen LogP contribution in [0.25, 0.3) is 0 Å². The van der Waals surface area contributed by atoms with Crippen LogP contribution in [0.15, 0.2) is 83.8 Å². The number of benzene rings is 3. The van der Waals surface area contributed by atoms with Crippen LogP contribution in [0.3, 0.4) is 0 Å². The second-order valence-corrected chi connectivity index (χ2v) is 11.2. The predicted molar refractivity (Wildman–Crippen MR) is 151 cm³/mol. The lowest BCUT2D eigenvalue weighted by Gasteiger charge is -2.32. The molecule has 0 aromatic heterocycles. The van der Waals surface area contributed by atoms with Crippen molar-refractivity contribution >= 4 is 27.5 Å². The van der Waals surface area contributed by atoms with Gasteiger partial charge in [-0.05, 0) is 62.1 Å². The average molecular weight is 536 g/mol. The number of aryl methyl sites for hydroxylation is 2. The van der Waals surface area contributed by atoms with Gasteiger partial charge in [-0.3, -0.25) is 13.9 Å². The number of sulfonamides is 1. The fourth-order valence-corrected chi connectivity index (χ4v) is 5.45. The zero-order valence-electron chi connectivity index (χ0n) is 22.6. The smallest absolute Gasteiger partial charge is 0.264 e. The van der Waals surface area contributed by atoms with Crippen LogP contribution in [0, 0.1) is 6.92 Å². The first-order valence-corrected chi connectivity index (χ1v) is 14.4. The first-order valence-electron chi connectivity index (χ1n) is 13.0. The van der Waals surface area contributed by atoms with Gasteiger partial charge in [-0.25, -0.2) is 8.42 Å². The summed E-state index contributed by atoms with van der Waals surface area (Å²) in [5.74, 6) is -0.749. The summed E-state index contributed by atoms with van der Waals surface area (Å²) in [6.45, 7) is 7.84. The molecular weight excluding hydrogens is 498 g/mol. The molecule has 0 saturated heterocycles. The van der Waals surface area contributed by atoms with E-state index in [1.807, 2.05) is 57.2 Å². The molecule has 0 aliphatic rings. The van der Waals surface area contributed by atoms with Crippen molar-refractivity contribution < 1.29 is 18.0 Å². The van der Waals surface area contributed by atoms with E-state index in [2.05, 4.69) is 5.32 Å². The molecule has 3 aromatic carbocycles. The van der Waals surface area contributed by atoms with Crippen molar-refractivity contribution in [2.24, 2.45) is 0 Å². The Morgan fingerprint density at radius 1 is 0.868 bits per heavy atom. The molecule has 0 saturated carbocycles. The Morgan fingerprint density at radius 2 is 1.47 bits per heavy atom. The molecule has 1 atom stereocenters. The van der Waals surface area contributed by atoms with E-state index in [1.165, 1.54) is 17.0 Å². The topological polar surface area (TPSA) is 86.8 Å². The Bertz CT molecular complexity index is 1310. The van der Waals surface area contributed by atoms with Gasteiger partial charge >= 0.3 is 0 Å². The second-order valence-electron chi connectivity index (χ2n) is 9.32. The van der Waals surface area contributed by atoms with E-state index in [0.29, 0.717) is 12.2 Å². The van der Waals surface area contributed by atoms with Crippen LogP contribution in [-0.4, -0.2) is 44.3 Å². The Morgan fingerprint density at radius 3 is 2.05 bits per heavy atom. The minimum atomic E-state index is -4.06. The highest BCUT2D eigenvalue weighted by Crippen LogP contribution is 2.25. The molecule has 7 nitrogen and oxygen atoms in total. The van der Waals surface area contributed by atoms with Crippen molar-refractivity contribution in [1.82, 2.24) is 10.2 Å². The second kappa shape index (κ2) is 13.2. The maximum absolute atomic E-state index is 13.9. The van der Waals surface area contributed by atoms with Crippen LogP contribution >= 0.6 is 0 Å². The van der Waals surface area contributed by atoms with Crippen LogP contribution in [0.1, 0.15) is 43.9 Å². The molecule has 1 N–H and O–H groups in total. The summed E-state index contributed by atoms with van der Waals surface area (Å²) < 4.78 is 28.7. The van der Waals surface area contributed by atoms with E-state index in [1.54, 1.807) is 37.3 Å². The highest BCUT2D eigenvalue weighted by atomic mass is 32.2. The molecule has 8 heteroatoms. The van der Waals surface area contributed by atoms with Gasteiger partial charge in [0.25, 0.3) is 10.0 Å². The Labute approximate surface area is 226 Å². The molecule has 0 bridgehead atoms. The van der Waals surface area contributed by atoms with Gasteiger partial charge in [0.2, 0.25) is 11.8 Å². The summed E-state index contributed by atoms with van der Waals surface area (Å²) in [4.78, 5) is 28.3. The molecule has 0 aliphatic carbocycles. The fraction of sp³-hybridized carbons (Fsp3) is 0.333. The van der Waals surface area contributed by atoms with Crippen LogP contribution < -0.4 is 9.62 Å². The molecule has 0 fully saturated rings. The normalized spacial score (nSPS) is 12.0. The first kappa shape index (κ1) is 28.9. The largest absolute Gasteiger partial charge is 0.354 e. The van der Waals surface area contributed by atoms with Crippen molar-refractivity contribution in [3.63, 3.8) is 0 Å². The molecule has 0 radical (unpaired) electrons. The maximum Gasteiger partial charge on any atom is 0.264 e. The van der Waals surface area contributed by atoms with E-state index < -0.39 is 28.5 Å². The van der Waals surface area contributed by atoms with E-state index in [9.17, 15) is 18.0 Å². The summed E-state index contributed by atoms with van der Waals surface area (Å²) in [5.41, 5.74) is 3.37. The lowest BCUT2D eigenvalue weighted by atomic mass is 10.1. The number of rotatable bonds is 12. The summed E-state index contributed by atoms with van der Waals surface area (Å²) in [6.07, 6.45) is 1.57. The quantitative estimate of drug-likeness (QED) is 0.364. The van der Waals surface area contributed by atoms with Gasteiger partial charge in [-0.2, -0.15) is 0 Å². The molecule has 202 valence electrons. The van der Waals surface area contributed by atoms with Crippen molar-refractivity contribution in [3.8, 4) is 0 Å². The fourth-order valence-electron chi connectivity index (χ4n) is 4.02. The standard InChI is InChI=1S/C30H37N3O4S/c1-5-20-31-30(35)24(4)32(21-26-14-12-23(3)13-15-26)29(34)22-33(27-18-16-25(6-2)17-19-27)38(36,37)28-10-8-7-9-11-28/h7-19,24H,5-6,20-22H2,1-4H3,(H,31,35)/t24-/m0/s1. The number of hydrogen-bond donors (Lipinski definition) is 1. The van der Waals surface area contributed by atoms with E-state index in [4.69, 9.17) is 0 Å². The van der Waals surface area contributed by atoms with Crippen molar-refractivity contribution in [1.29, 1.82) is 0 Å². The molecule has 0 aliphatic heterocycles. The summed E-state index contributed by atoms with van der Waals surface area (Å²) in [5, 5.41) is 2.85. The van der Waals surface area contributed by atoms with Gasteiger partial charge < -0.3 is 10.2 Å². The number of hydrogen-bond acceptors (Lipinski definition) is 4. The van der Waals surface area contributed by atoms with Gasteiger partial charge in [-0.1, -0.05) is 74.0 Å². The number of anilines is 1. The third-order valence-corrected chi connectivity index (χ3v) is 8.22. The van der Waals surface area contributed by atoms with E-state index in [0.717, 1.165) is 33.8 Å². The third kappa shape index (κ3) is 7.22. The van der Waals surface area contributed by atoms with Crippen LogP contribution in [0.2, 0.25) is 0 Å². The third-order valence-electron chi connectivity index (χ3n) is 6.43. The number of nitrogens with zero attached hydrogens (tertiary/aromatic N) is 2. The zero-order chi connectivity index (χ0) is 27.7. The average Bonchev–Trinajstić information content (AvgIpc) is 2.94. The minimum Gasteiger partial charge on any atom is -0.354 e. The van der Waals surface area contributed by atoms with Crippen molar-refractivity contribution in [2.75, 3.05) is 17.4 Å². The monoisotopic (exact) mass is 535 g/mol. The van der Waals surface area contributed by atoms with Crippen LogP contribution in [0.5, 0.6) is 0 Å². The van der Waals surface area contributed by atoms with Gasteiger partial charge in [0.05, 0.1) is 10.6 Å². The van der Waals surface area contributed by atoms with E-state index in [-0.39, 0.29) is 17.3 Å². The zero-order valence-corrected chi connectivity index (χ0v) is 23.4. The van der Waals surface area contributed by atoms with Gasteiger partial charge in [-0.15, -0.1) is 0 Å². The summed E-state index contributed by atoms with van der Waals surface area (Å²) >= 11 is 0. The molecule has 0 unspecified atom stereocenters. The molecule has 38 heavy (non-hydrogen) atoms. The van der Waals surface area contributed by atoms with Crippen LogP contribution in [-0.2, 0) is 32.6 Å². The van der Waals surface area contributed by atoms with E-state index >= 15 is 0 Å². The SMILES string of the molecule is CCCNC(=O)[C@H](C)N(Cc1ccc(C)cc1)C(=O)CN(c1ccc(CC)cc1)S(=O)(=O)c1ccccc1. The molecular formula is C30H37N3O4S. The lowest BCUT2D eigenvalue weighted by Crippen LogP contribution is -2.51. The van der Waals surface area contributed by atoms with Crippen molar-refractivity contribution in [2.45, 2.75) is 58.0 Å². The molecule has 3 aromatic rings. The number of carbonyl (C=O) groups is 2. The minimum absolute atomic E-state index is 0.0891. The molecule has 2 amide bonds. The highest BCUT2D eigenvalue weighted by Gasteiger charge is 2.32. The molecule has 0 heterocycles. The number of nitrogens with one attached hydrogen (secondary N) is 1. The van der Waals surface area contributed by atoms with Gasteiger partial charge in [0.1, 0.15) is 12.6 Å². The summed E-state index contributed by atoms with van der Waals surface area (Å²) in [6, 6.07) is 22.1. The number of carbonyl (C=O) groups excluding carboxylic acids is 2. The van der Waals surface area contributed by atoms with Gasteiger partial charge in [0.15, 0.2) is 0 Å². The first-order chi connectivity index (χ1) is 18.2. The maximum atomic E-state index is 13.9. The van der Waals surface area contributed by atoms with Crippen LogP contribution in [0.4, 0.5) is 5.69 Å². The van der Waals surface area contributed by atoms with Gasteiger partial charge in [0, 0.05) is 13.1 Å². The molecule has 3 rings (SSSR count). The lowest BCUT2D eigenvalue weighted by molar-refractivity contribution is -0.139. The highest BCUT2D eigenvalue weighted by molar-refractivity contribution is 7.92.